The molecule has 2 rings (SSSR count). The van der Waals surface area contributed by atoms with Gasteiger partial charge in [0.05, 0.1) is 11.7 Å². The van der Waals surface area contributed by atoms with Crippen molar-refractivity contribution >= 4 is 22.6 Å². The van der Waals surface area contributed by atoms with Gasteiger partial charge >= 0.3 is 0 Å². The van der Waals surface area contributed by atoms with E-state index in [0.717, 1.165) is 5.69 Å². The third-order valence-electron chi connectivity index (χ3n) is 3.47. The smallest absolute Gasteiger partial charge is 0.0575 e. The molecule has 0 radical (unpaired) electrons. The predicted molar refractivity (Wildman–Crippen MR) is 92.5 cm³/mol. The zero-order valence-corrected chi connectivity index (χ0v) is 14.3. The highest BCUT2D eigenvalue weighted by atomic mass is 127. The molecule has 20 heavy (non-hydrogen) atoms. The highest BCUT2D eigenvalue weighted by Gasteiger charge is 2.19. The Kier molecular flexibility index (Phi) is 5.54. The van der Waals surface area contributed by atoms with E-state index in [1.54, 1.807) is 0 Å². The molecule has 0 saturated carbocycles. The first kappa shape index (κ1) is 15.4. The highest BCUT2D eigenvalue weighted by molar-refractivity contribution is 14.1. The topological polar surface area (TPSA) is 24.9 Å². The molecule has 2 nitrogen and oxygen atoms in total. The van der Waals surface area contributed by atoms with Crippen LogP contribution in [0.5, 0.6) is 0 Å². The largest absolute Gasteiger partial charge is 0.302 e. The van der Waals surface area contributed by atoms with Gasteiger partial charge in [0.25, 0.3) is 0 Å². The molecule has 0 amide bonds. The van der Waals surface area contributed by atoms with Crippen molar-refractivity contribution in [3.63, 3.8) is 0 Å². The SMILES string of the molecule is CC(NC(c1ccccn1)C(C)C)c1ccc(I)cc1. The molecule has 2 aromatic rings. The van der Waals surface area contributed by atoms with Gasteiger partial charge in [0.1, 0.15) is 0 Å². The molecule has 2 atom stereocenters. The summed E-state index contributed by atoms with van der Waals surface area (Å²) >= 11 is 2.33. The Labute approximate surface area is 135 Å². The van der Waals surface area contributed by atoms with Gasteiger partial charge in [0.15, 0.2) is 0 Å². The molecule has 0 fully saturated rings. The first-order valence-corrected chi connectivity index (χ1v) is 8.08. The minimum absolute atomic E-state index is 0.269. The van der Waals surface area contributed by atoms with E-state index in [4.69, 9.17) is 0 Å². The first-order valence-electron chi connectivity index (χ1n) is 7.00. The lowest BCUT2D eigenvalue weighted by Crippen LogP contribution is -2.29. The van der Waals surface area contributed by atoms with Gasteiger partial charge in [-0.15, -0.1) is 0 Å². The lowest BCUT2D eigenvalue weighted by atomic mass is 9.98. The molecular weight excluding hydrogens is 359 g/mol. The number of benzene rings is 1. The fourth-order valence-corrected chi connectivity index (χ4v) is 2.66. The molecular formula is C17H21IN2. The highest BCUT2D eigenvalue weighted by Crippen LogP contribution is 2.24. The number of aromatic nitrogens is 1. The normalized spacial score (nSPS) is 14.2. The van der Waals surface area contributed by atoms with Crippen LogP contribution < -0.4 is 5.32 Å². The number of nitrogens with one attached hydrogen (secondary N) is 1. The van der Waals surface area contributed by atoms with E-state index in [1.165, 1.54) is 9.13 Å². The number of nitrogens with zero attached hydrogens (tertiary/aromatic N) is 1. The lowest BCUT2D eigenvalue weighted by Gasteiger charge is -2.26. The van der Waals surface area contributed by atoms with Crippen LogP contribution >= 0.6 is 22.6 Å². The summed E-state index contributed by atoms with van der Waals surface area (Å²) in [5.41, 5.74) is 2.42. The molecule has 0 spiro atoms. The van der Waals surface area contributed by atoms with E-state index in [9.17, 15) is 0 Å². The van der Waals surface area contributed by atoms with E-state index < -0.39 is 0 Å². The summed E-state index contributed by atoms with van der Waals surface area (Å²) < 4.78 is 1.27. The summed E-state index contributed by atoms with van der Waals surface area (Å²) in [7, 11) is 0. The van der Waals surface area contributed by atoms with Crippen molar-refractivity contribution in [1.29, 1.82) is 0 Å². The fourth-order valence-electron chi connectivity index (χ4n) is 2.30. The number of halogens is 1. The zero-order valence-electron chi connectivity index (χ0n) is 12.2. The van der Waals surface area contributed by atoms with Crippen LogP contribution in [0.2, 0.25) is 0 Å². The maximum absolute atomic E-state index is 4.50. The van der Waals surface area contributed by atoms with E-state index in [-0.39, 0.29) is 6.04 Å². The molecule has 2 unspecified atom stereocenters. The minimum Gasteiger partial charge on any atom is -0.302 e. The molecule has 0 saturated heterocycles. The second kappa shape index (κ2) is 7.18. The molecule has 106 valence electrons. The van der Waals surface area contributed by atoms with Crippen LogP contribution in [0.25, 0.3) is 0 Å². The Balaban J connectivity index is 2.14. The summed E-state index contributed by atoms with van der Waals surface area (Å²) in [5, 5.41) is 3.70. The van der Waals surface area contributed by atoms with Crippen LogP contribution in [0.1, 0.15) is 44.1 Å². The quantitative estimate of drug-likeness (QED) is 0.759. The van der Waals surface area contributed by atoms with E-state index in [1.807, 2.05) is 12.3 Å². The molecule has 0 bridgehead atoms. The second-order valence-corrected chi connectivity index (χ2v) is 6.66. The summed E-state index contributed by atoms with van der Waals surface area (Å²) in [5.74, 6) is 0.496. The van der Waals surface area contributed by atoms with Crippen LogP contribution in [-0.2, 0) is 0 Å². The molecule has 0 aliphatic carbocycles. The molecule has 1 aromatic heterocycles. The summed E-state index contributed by atoms with van der Waals surface area (Å²) in [6, 6.07) is 15.4. The van der Waals surface area contributed by atoms with Crippen molar-refractivity contribution in [2.75, 3.05) is 0 Å². The summed E-state index contributed by atoms with van der Waals surface area (Å²) in [6.07, 6.45) is 1.86. The fraction of sp³-hybridized carbons (Fsp3) is 0.353. The standard InChI is InChI=1S/C17H21IN2/c1-12(2)17(16-6-4-5-11-19-16)20-13(3)14-7-9-15(18)10-8-14/h4-13,17,20H,1-3H3. The molecule has 0 aliphatic rings. The third kappa shape index (κ3) is 4.03. The van der Waals surface area contributed by atoms with Gasteiger partial charge in [-0.3, -0.25) is 4.98 Å². The van der Waals surface area contributed by atoms with Crippen molar-refractivity contribution in [1.82, 2.24) is 10.3 Å². The summed E-state index contributed by atoms with van der Waals surface area (Å²) in [4.78, 5) is 4.50. The van der Waals surface area contributed by atoms with Crippen LogP contribution in [0.4, 0.5) is 0 Å². The van der Waals surface area contributed by atoms with Gasteiger partial charge in [-0.05, 0) is 65.3 Å². The Morgan fingerprint density at radius 1 is 1.00 bits per heavy atom. The average molecular weight is 380 g/mol. The number of hydrogen-bond donors (Lipinski definition) is 1. The predicted octanol–water partition coefficient (Wildman–Crippen LogP) is 4.73. The number of pyridine rings is 1. The third-order valence-corrected chi connectivity index (χ3v) is 4.19. The minimum atomic E-state index is 0.269. The Morgan fingerprint density at radius 3 is 2.25 bits per heavy atom. The monoisotopic (exact) mass is 380 g/mol. The molecule has 1 N–H and O–H groups in total. The number of hydrogen-bond acceptors (Lipinski definition) is 2. The number of rotatable bonds is 5. The Hall–Kier alpha value is -0.940. The second-order valence-electron chi connectivity index (χ2n) is 5.42. The van der Waals surface area contributed by atoms with Gasteiger partial charge in [-0.1, -0.05) is 32.0 Å². The zero-order chi connectivity index (χ0) is 14.5. The lowest BCUT2D eigenvalue weighted by molar-refractivity contribution is 0.367. The molecule has 3 heteroatoms. The van der Waals surface area contributed by atoms with Gasteiger partial charge in [0, 0.05) is 15.8 Å². The van der Waals surface area contributed by atoms with Gasteiger partial charge in [-0.2, -0.15) is 0 Å². The van der Waals surface area contributed by atoms with Gasteiger partial charge in [-0.25, -0.2) is 0 Å². The van der Waals surface area contributed by atoms with Crippen LogP contribution in [0, 0.1) is 9.49 Å². The maximum atomic E-state index is 4.50. The van der Waals surface area contributed by atoms with Crippen molar-refractivity contribution in [2.24, 2.45) is 5.92 Å². The van der Waals surface area contributed by atoms with Gasteiger partial charge < -0.3 is 5.32 Å². The van der Waals surface area contributed by atoms with Crippen LogP contribution in [0.15, 0.2) is 48.7 Å². The Bertz CT molecular complexity index is 522. The molecule has 1 aromatic carbocycles. The average Bonchev–Trinajstić information content (AvgIpc) is 2.46. The van der Waals surface area contributed by atoms with Crippen molar-refractivity contribution in [3.05, 3.63) is 63.5 Å². The van der Waals surface area contributed by atoms with E-state index in [0.29, 0.717) is 12.0 Å². The van der Waals surface area contributed by atoms with Crippen molar-refractivity contribution < 1.29 is 0 Å². The first-order chi connectivity index (χ1) is 9.58. The van der Waals surface area contributed by atoms with E-state index in [2.05, 4.69) is 90.1 Å². The van der Waals surface area contributed by atoms with Crippen LogP contribution in [-0.4, -0.2) is 4.98 Å². The molecule has 1 heterocycles. The van der Waals surface area contributed by atoms with Crippen LogP contribution in [0.3, 0.4) is 0 Å². The van der Waals surface area contributed by atoms with Crippen molar-refractivity contribution in [2.45, 2.75) is 32.9 Å². The van der Waals surface area contributed by atoms with Crippen molar-refractivity contribution in [3.8, 4) is 0 Å². The maximum Gasteiger partial charge on any atom is 0.0575 e. The van der Waals surface area contributed by atoms with E-state index >= 15 is 0 Å². The van der Waals surface area contributed by atoms with Gasteiger partial charge in [0.2, 0.25) is 0 Å². The Morgan fingerprint density at radius 2 is 1.70 bits per heavy atom. The molecule has 0 aliphatic heterocycles. The summed E-state index contributed by atoms with van der Waals surface area (Å²) in [6.45, 7) is 6.67.